The first-order chi connectivity index (χ1) is 9.39. The quantitative estimate of drug-likeness (QED) is 0.819. The van der Waals surface area contributed by atoms with Crippen LogP contribution in [0.2, 0.25) is 0 Å². The van der Waals surface area contributed by atoms with Gasteiger partial charge < -0.3 is 5.11 Å². The minimum Gasteiger partial charge on any atom is -0.389 e. The summed E-state index contributed by atoms with van der Waals surface area (Å²) in [6.07, 6.45) is 9.00. The summed E-state index contributed by atoms with van der Waals surface area (Å²) in [7, 11) is -3.24. The van der Waals surface area contributed by atoms with Crippen molar-refractivity contribution in [3.05, 3.63) is 0 Å². The molecule has 4 nitrogen and oxygen atoms in total. The summed E-state index contributed by atoms with van der Waals surface area (Å²) in [6.45, 7) is 2.38. The molecule has 2 aliphatic rings. The van der Waals surface area contributed by atoms with Crippen LogP contribution in [0.5, 0.6) is 0 Å². The van der Waals surface area contributed by atoms with Crippen molar-refractivity contribution >= 4 is 10.0 Å². The van der Waals surface area contributed by atoms with Crippen LogP contribution < -0.4 is 4.72 Å². The molecule has 0 saturated heterocycles. The number of hydrogen-bond donors (Lipinski definition) is 2. The second kappa shape index (κ2) is 6.75. The molecule has 5 heteroatoms. The molecule has 0 aromatic rings. The predicted molar refractivity (Wildman–Crippen MR) is 80.9 cm³/mol. The topological polar surface area (TPSA) is 66.4 Å². The van der Waals surface area contributed by atoms with Crippen LogP contribution in [0.1, 0.15) is 64.7 Å². The van der Waals surface area contributed by atoms with Crippen molar-refractivity contribution in [1.29, 1.82) is 0 Å². The fourth-order valence-corrected chi connectivity index (χ4v) is 5.00. The van der Waals surface area contributed by atoms with Gasteiger partial charge in [-0.05, 0) is 50.4 Å². The zero-order valence-corrected chi connectivity index (χ0v) is 13.4. The zero-order chi connectivity index (χ0) is 14.6. The normalized spacial score (nSPS) is 33.2. The van der Waals surface area contributed by atoms with Gasteiger partial charge in [-0.15, -0.1) is 0 Å². The van der Waals surface area contributed by atoms with Crippen molar-refractivity contribution in [2.45, 2.75) is 70.3 Å². The van der Waals surface area contributed by atoms with Crippen LogP contribution in [0, 0.1) is 11.8 Å². The number of nitrogens with one attached hydrogen (secondary N) is 1. The molecule has 0 aromatic carbocycles. The molecule has 2 N–H and O–H groups in total. The van der Waals surface area contributed by atoms with Gasteiger partial charge >= 0.3 is 0 Å². The van der Waals surface area contributed by atoms with Crippen LogP contribution in [0.25, 0.3) is 0 Å². The first-order valence-electron chi connectivity index (χ1n) is 8.08. The molecule has 0 heterocycles. The summed E-state index contributed by atoms with van der Waals surface area (Å²) in [6, 6.07) is 0. The Labute approximate surface area is 123 Å². The lowest BCUT2D eigenvalue weighted by Crippen LogP contribution is -2.46. The maximum Gasteiger partial charge on any atom is 0.211 e. The molecule has 2 fully saturated rings. The van der Waals surface area contributed by atoms with Crippen molar-refractivity contribution in [2.24, 2.45) is 11.8 Å². The highest BCUT2D eigenvalue weighted by Crippen LogP contribution is 2.31. The highest BCUT2D eigenvalue weighted by Gasteiger charge is 2.33. The third kappa shape index (κ3) is 5.01. The van der Waals surface area contributed by atoms with Gasteiger partial charge in [-0.1, -0.05) is 26.2 Å². The Morgan fingerprint density at radius 1 is 1.10 bits per heavy atom. The van der Waals surface area contributed by atoms with E-state index in [1.165, 1.54) is 6.42 Å². The fraction of sp³-hybridized carbons (Fsp3) is 1.00. The lowest BCUT2D eigenvalue weighted by molar-refractivity contribution is -0.00185. The number of rotatable bonds is 5. The van der Waals surface area contributed by atoms with E-state index in [0.29, 0.717) is 24.7 Å². The molecule has 2 aliphatic carbocycles. The van der Waals surface area contributed by atoms with E-state index in [2.05, 4.69) is 11.6 Å². The van der Waals surface area contributed by atoms with Crippen LogP contribution in [0.3, 0.4) is 0 Å². The zero-order valence-electron chi connectivity index (χ0n) is 12.6. The molecule has 118 valence electrons. The summed E-state index contributed by atoms with van der Waals surface area (Å²) in [5.41, 5.74) is -0.827. The third-order valence-electron chi connectivity index (χ3n) is 5.01. The van der Waals surface area contributed by atoms with Gasteiger partial charge in [-0.3, -0.25) is 0 Å². The first-order valence-corrected chi connectivity index (χ1v) is 9.73. The van der Waals surface area contributed by atoms with Crippen LogP contribution in [-0.4, -0.2) is 31.4 Å². The number of hydrogen-bond acceptors (Lipinski definition) is 3. The molecular weight excluding hydrogens is 274 g/mol. The van der Waals surface area contributed by atoms with E-state index in [4.69, 9.17) is 0 Å². The van der Waals surface area contributed by atoms with E-state index in [1.807, 2.05) is 0 Å². The summed E-state index contributed by atoms with van der Waals surface area (Å²) < 4.78 is 26.9. The molecular formula is C15H29NO3S. The lowest BCUT2D eigenvalue weighted by atomic mass is 9.80. The maximum atomic E-state index is 12.1. The smallest absolute Gasteiger partial charge is 0.211 e. The average molecular weight is 303 g/mol. The molecule has 0 aromatic heterocycles. The standard InChI is InChI=1S/C15H29NO3S/c1-13-7-9-15(17,10-8-13)12-16-20(18,19)11-14-5-3-2-4-6-14/h13-14,16-17H,2-12H2,1H3. The predicted octanol–water partition coefficient (Wildman–Crippen LogP) is 2.43. The summed E-state index contributed by atoms with van der Waals surface area (Å²) in [4.78, 5) is 0. The molecule has 2 rings (SSSR count). The van der Waals surface area contributed by atoms with E-state index in [-0.39, 0.29) is 12.3 Å². The van der Waals surface area contributed by atoms with Crippen molar-refractivity contribution < 1.29 is 13.5 Å². The monoisotopic (exact) mass is 303 g/mol. The average Bonchev–Trinajstić information content (AvgIpc) is 2.41. The molecule has 2 saturated carbocycles. The minimum atomic E-state index is -3.24. The van der Waals surface area contributed by atoms with Crippen molar-refractivity contribution in [2.75, 3.05) is 12.3 Å². The van der Waals surface area contributed by atoms with Gasteiger partial charge in [0.15, 0.2) is 0 Å². The molecule has 0 radical (unpaired) electrons. The van der Waals surface area contributed by atoms with Crippen LogP contribution in [-0.2, 0) is 10.0 Å². The Hall–Kier alpha value is -0.130. The molecule has 0 aliphatic heterocycles. The largest absolute Gasteiger partial charge is 0.389 e. The molecule has 0 unspecified atom stereocenters. The molecule has 0 atom stereocenters. The van der Waals surface area contributed by atoms with E-state index in [0.717, 1.165) is 38.5 Å². The fourth-order valence-electron chi connectivity index (χ4n) is 3.44. The minimum absolute atomic E-state index is 0.189. The van der Waals surface area contributed by atoms with Crippen LogP contribution in [0.15, 0.2) is 0 Å². The van der Waals surface area contributed by atoms with Crippen molar-refractivity contribution in [3.8, 4) is 0 Å². The SMILES string of the molecule is CC1CCC(O)(CNS(=O)(=O)CC2CCCCC2)CC1. The molecule has 0 spiro atoms. The third-order valence-corrected chi connectivity index (χ3v) is 6.50. The Morgan fingerprint density at radius 3 is 2.30 bits per heavy atom. The van der Waals surface area contributed by atoms with Gasteiger partial charge in [-0.25, -0.2) is 13.1 Å². The molecule has 20 heavy (non-hydrogen) atoms. The molecule has 0 amide bonds. The van der Waals surface area contributed by atoms with Crippen molar-refractivity contribution in [1.82, 2.24) is 4.72 Å². The second-order valence-corrected chi connectivity index (χ2v) is 8.86. The Kier molecular flexibility index (Phi) is 5.49. The van der Waals surface area contributed by atoms with E-state index < -0.39 is 15.6 Å². The highest BCUT2D eigenvalue weighted by atomic mass is 32.2. The van der Waals surface area contributed by atoms with E-state index in [9.17, 15) is 13.5 Å². The number of sulfonamides is 1. The highest BCUT2D eigenvalue weighted by molar-refractivity contribution is 7.89. The lowest BCUT2D eigenvalue weighted by Gasteiger charge is -2.35. The second-order valence-electron chi connectivity index (χ2n) is 7.01. The van der Waals surface area contributed by atoms with Gasteiger partial charge in [-0.2, -0.15) is 0 Å². The Bertz CT molecular complexity index is 393. The number of aliphatic hydroxyl groups is 1. The summed E-state index contributed by atoms with van der Waals surface area (Å²) in [5.74, 6) is 1.19. The summed E-state index contributed by atoms with van der Waals surface area (Å²) in [5, 5.41) is 10.4. The van der Waals surface area contributed by atoms with Gasteiger partial charge in [0.05, 0.1) is 11.4 Å². The van der Waals surface area contributed by atoms with Gasteiger partial charge in [0, 0.05) is 6.54 Å². The van der Waals surface area contributed by atoms with Crippen molar-refractivity contribution in [3.63, 3.8) is 0 Å². The molecule has 0 bridgehead atoms. The first kappa shape index (κ1) is 16.2. The van der Waals surface area contributed by atoms with Gasteiger partial charge in [0.25, 0.3) is 0 Å². The maximum absolute atomic E-state index is 12.1. The van der Waals surface area contributed by atoms with E-state index in [1.54, 1.807) is 0 Å². The van der Waals surface area contributed by atoms with Crippen LogP contribution >= 0.6 is 0 Å². The summed E-state index contributed by atoms with van der Waals surface area (Å²) >= 11 is 0. The van der Waals surface area contributed by atoms with E-state index >= 15 is 0 Å². The van der Waals surface area contributed by atoms with Gasteiger partial charge in [0.1, 0.15) is 0 Å². The van der Waals surface area contributed by atoms with Gasteiger partial charge in [0.2, 0.25) is 10.0 Å². The van der Waals surface area contributed by atoms with Crippen LogP contribution in [0.4, 0.5) is 0 Å². The Morgan fingerprint density at radius 2 is 1.70 bits per heavy atom. The Balaban J connectivity index is 1.79.